The number of benzene rings is 1. The number of amides is 1. The standard InChI is InChI=1S/C22H22F3N7OS/c1-13-11-17(31-30-13)27-16-12-18(32-9-2-10-32)29-20(28-16)34-15-5-3-14(4-6-15)26-19(33)21(7-8-21)22(23,24)25/h3-6,11-12H,2,7-10H2,1H3,(H,26,33)(H2,27,28,29,30,31). The number of alkyl halides is 3. The number of carbonyl (C=O) groups excluding carboxylic acids is 1. The Hall–Kier alpha value is -3.28. The van der Waals surface area contributed by atoms with E-state index in [0.717, 1.165) is 35.9 Å². The first-order chi connectivity index (χ1) is 16.2. The van der Waals surface area contributed by atoms with E-state index >= 15 is 0 Å². The van der Waals surface area contributed by atoms with E-state index in [1.807, 2.05) is 19.1 Å². The number of H-pyrrole nitrogens is 1. The minimum atomic E-state index is -4.54. The van der Waals surface area contributed by atoms with Gasteiger partial charge in [0.25, 0.3) is 0 Å². The van der Waals surface area contributed by atoms with Crippen LogP contribution in [0, 0.1) is 12.3 Å². The molecule has 3 N–H and O–H groups in total. The maximum absolute atomic E-state index is 13.2. The molecule has 0 unspecified atom stereocenters. The van der Waals surface area contributed by atoms with Gasteiger partial charge in [0.05, 0.1) is 0 Å². The van der Waals surface area contributed by atoms with Gasteiger partial charge < -0.3 is 15.5 Å². The first kappa shape index (κ1) is 22.5. The SMILES string of the molecule is Cc1cc(Nc2cc(N3CCC3)nc(Sc3ccc(NC(=O)C4(C(F)(F)F)CC4)cc3)n2)n[nH]1. The molecule has 0 radical (unpaired) electrons. The van der Waals surface area contributed by atoms with E-state index in [1.54, 1.807) is 24.3 Å². The highest BCUT2D eigenvalue weighted by atomic mass is 32.2. The summed E-state index contributed by atoms with van der Waals surface area (Å²) in [6.07, 6.45) is -3.77. The van der Waals surface area contributed by atoms with Crippen molar-refractivity contribution in [2.75, 3.05) is 28.6 Å². The average Bonchev–Trinajstić information content (AvgIpc) is 3.46. The third-order valence-electron chi connectivity index (χ3n) is 5.88. The van der Waals surface area contributed by atoms with Crippen molar-refractivity contribution in [1.82, 2.24) is 20.2 Å². The molecule has 1 aromatic carbocycles. The summed E-state index contributed by atoms with van der Waals surface area (Å²) in [5.41, 5.74) is -1.01. The molecule has 0 spiro atoms. The van der Waals surface area contributed by atoms with Crippen LogP contribution in [-0.4, -0.2) is 45.3 Å². The highest BCUT2D eigenvalue weighted by Gasteiger charge is 2.68. The van der Waals surface area contributed by atoms with Crippen LogP contribution in [-0.2, 0) is 4.79 Å². The van der Waals surface area contributed by atoms with Crippen molar-refractivity contribution in [2.24, 2.45) is 5.41 Å². The smallest absolute Gasteiger partial charge is 0.356 e. The van der Waals surface area contributed by atoms with Crippen LogP contribution in [0.2, 0.25) is 0 Å². The van der Waals surface area contributed by atoms with E-state index in [4.69, 9.17) is 0 Å². The van der Waals surface area contributed by atoms with Gasteiger partial charge in [0.2, 0.25) is 5.91 Å². The van der Waals surface area contributed by atoms with Gasteiger partial charge in [-0.05, 0) is 62.2 Å². The summed E-state index contributed by atoms with van der Waals surface area (Å²) in [7, 11) is 0. The number of anilines is 4. The van der Waals surface area contributed by atoms with E-state index < -0.39 is 17.5 Å². The lowest BCUT2D eigenvalue weighted by Gasteiger charge is -2.32. The first-order valence-electron chi connectivity index (χ1n) is 10.8. The number of nitrogens with zero attached hydrogens (tertiary/aromatic N) is 4. The van der Waals surface area contributed by atoms with Crippen LogP contribution in [0.1, 0.15) is 25.0 Å². The number of rotatable bonds is 7. The zero-order chi connectivity index (χ0) is 23.9. The monoisotopic (exact) mass is 489 g/mol. The van der Waals surface area contributed by atoms with Gasteiger partial charge in [0.1, 0.15) is 17.1 Å². The molecule has 2 aliphatic rings. The van der Waals surface area contributed by atoms with Crippen molar-refractivity contribution in [1.29, 1.82) is 0 Å². The summed E-state index contributed by atoms with van der Waals surface area (Å²) in [4.78, 5) is 24.3. The Kier molecular flexibility index (Phi) is 5.62. The lowest BCUT2D eigenvalue weighted by molar-refractivity contribution is -0.189. The first-order valence-corrected chi connectivity index (χ1v) is 11.6. The molecule has 3 aromatic rings. The van der Waals surface area contributed by atoms with Gasteiger partial charge in [0, 0.05) is 41.5 Å². The van der Waals surface area contributed by atoms with Crippen molar-refractivity contribution in [3.05, 3.63) is 42.1 Å². The van der Waals surface area contributed by atoms with Crippen LogP contribution in [0.4, 0.5) is 36.3 Å². The number of aryl methyl sites for hydroxylation is 1. The highest BCUT2D eigenvalue weighted by Crippen LogP contribution is 2.58. The molecule has 2 aromatic heterocycles. The molecule has 2 fully saturated rings. The zero-order valence-electron chi connectivity index (χ0n) is 18.2. The van der Waals surface area contributed by atoms with Gasteiger partial charge in [-0.2, -0.15) is 18.3 Å². The van der Waals surface area contributed by atoms with Crippen LogP contribution in [0.3, 0.4) is 0 Å². The second-order valence-corrected chi connectivity index (χ2v) is 9.50. The van der Waals surface area contributed by atoms with E-state index in [0.29, 0.717) is 22.5 Å². The lowest BCUT2D eigenvalue weighted by Crippen LogP contribution is -2.37. The fraction of sp³-hybridized carbons (Fsp3) is 0.364. The fourth-order valence-corrected chi connectivity index (χ4v) is 4.34. The van der Waals surface area contributed by atoms with E-state index in [2.05, 4.69) is 35.7 Å². The summed E-state index contributed by atoms with van der Waals surface area (Å²) in [6.45, 7) is 3.76. The Labute approximate surface area is 197 Å². The Morgan fingerprint density at radius 1 is 1.12 bits per heavy atom. The van der Waals surface area contributed by atoms with Crippen LogP contribution in [0.5, 0.6) is 0 Å². The number of aromatic amines is 1. The van der Waals surface area contributed by atoms with Crippen molar-refractivity contribution in [2.45, 2.75) is 42.4 Å². The Bertz CT molecular complexity index is 1200. The molecule has 5 rings (SSSR count). The summed E-state index contributed by atoms with van der Waals surface area (Å²) in [5, 5.41) is 13.2. The van der Waals surface area contributed by atoms with Gasteiger partial charge in [0.15, 0.2) is 11.0 Å². The molecular weight excluding hydrogens is 467 g/mol. The number of halogens is 3. The molecule has 3 heterocycles. The lowest BCUT2D eigenvalue weighted by atomic mass is 10.1. The molecular formula is C22H22F3N7OS. The highest BCUT2D eigenvalue weighted by molar-refractivity contribution is 7.99. The second kappa shape index (κ2) is 8.49. The number of hydrogen-bond acceptors (Lipinski definition) is 7. The molecule has 34 heavy (non-hydrogen) atoms. The van der Waals surface area contributed by atoms with Crippen LogP contribution in [0.25, 0.3) is 0 Å². The van der Waals surface area contributed by atoms with Crippen LogP contribution >= 0.6 is 11.8 Å². The average molecular weight is 490 g/mol. The largest absolute Gasteiger partial charge is 0.403 e. The minimum Gasteiger partial charge on any atom is -0.356 e. The molecule has 1 aliphatic heterocycles. The molecule has 178 valence electrons. The predicted molar refractivity (Wildman–Crippen MR) is 122 cm³/mol. The number of hydrogen-bond donors (Lipinski definition) is 3. The summed E-state index contributed by atoms with van der Waals surface area (Å²) in [5.74, 6) is 1.06. The molecule has 12 heteroatoms. The quantitative estimate of drug-likeness (QED) is 0.406. The van der Waals surface area contributed by atoms with Gasteiger partial charge >= 0.3 is 6.18 Å². The van der Waals surface area contributed by atoms with Crippen LogP contribution in [0.15, 0.2) is 46.5 Å². The van der Waals surface area contributed by atoms with E-state index in [1.165, 1.54) is 11.8 Å². The topological polar surface area (TPSA) is 98.8 Å². The number of nitrogens with one attached hydrogen (secondary N) is 3. The third kappa shape index (κ3) is 4.54. The maximum Gasteiger partial charge on any atom is 0.403 e. The van der Waals surface area contributed by atoms with Gasteiger partial charge in [-0.15, -0.1) is 0 Å². The normalized spacial score (nSPS) is 16.6. The van der Waals surface area contributed by atoms with Gasteiger partial charge in [-0.25, -0.2) is 9.97 Å². The van der Waals surface area contributed by atoms with Crippen molar-refractivity contribution >= 4 is 40.8 Å². The molecule has 1 aliphatic carbocycles. The summed E-state index contributed by atoms with van der Waals surface area (Å²) >= 11 is 1.32. The summed E-state index contributed by atoms with van der Waals surface area (Å²) < 4.78 is 39.5. The number of carbonyl (C=O) groups is 1. The number of aromatic nitrogens is 4. The van der Waals surface area contributed by atoms with Gasteiger partial charge in [-0.3, -0.25) is 9.89 Å². The van der Waals surface area contributed by atoms with Gasteiger partial charge in [-0.1, -0.05) is 0 Å². The maximum atomic E-state index is 13.2. The Balaban J connectivity index is 1.30. The zero-order valence-corrected chi connectivity index (χ0v) is 19.1. The molecule has 1 saturated carbocycles. The van der Waals surface area contributed by atoms with Crippen LogP contribution < -0.4 is 15.5 Å². The molecule has 0 bridgehead atoms. The third-order valence-corrected chi connectivity index (χ3v) is 6.76. The molecule has 0 atom stereocenters. The Morgan fingerprint density at radius 3 is 2.41 bits per heavy atom. The fourth-order valence-electron chi connectivity index (χ4n) is 3.57. The minimum absolute atomic E-state index is 0.171. The second-order valence-electron chi connectivity index (χ2n) is 8.46. The van der Waals surface area contributed by atoms with E-state index in [-0.39, 0.29) is 12.8 Å². The van der Waals surface area contributed by atoms with Crippen molar-refractivity contribution in [3.8, 4) is 0 Å². The molecule has 8 nitrogen and oxygen atoms in total. The predicted octanol–water partition coefficient (Wildman–Crippen LogP) is 4.89. The molecule has 1 amide bonds. The van der Waals surface area contributed by atoms with Crippen molar-refractivity contribution < 1.29 is 18.0 Å². The Morgan fingerprint density at radius 2 is 1.85 bits per heavy atom. The van der Waals surface area contributed by atoms with Crippen molar-refractivity contribution in [3.63, 3.8) is 0 Å². The van der Waals surface area contributed by atoms with E-state index in [9.17, 15) is 18.0 Å². The molecule has 1 saturated heterocycles. The summed E-state index contributed by atoms with van der Waals surface area (Å²) in [6, 6.07) is 10.3.